The molecule has 0 bridgehead atoms. The van der Waals surface area contributed by atoms with Gasteiger partial charge in [-0.1, -0.05) is 23.8 Å². The number of nitrogens with two attached hydrogens (primary N) is 1. The highest BCUT2D eigenvalue weighted by molar-refractivity contribution is 7.90. The van der Waals surface area contributed by atoms with Crippen LogP contribution >= 0.6 is 0 Å². The first-order valence-electron chi connectivity index (χ1n) is 4.80. The van der Waals surface area contributed by atoms with Gasteiger partial charge in [0.15, 0.2) is 0 Å². The van der Waals surface area contributed by atoms with Gasteiger partial charge in [0.2, 0.25) is 0 Å². The molecule has 1 unspecified atom stereocenters. The van der Waals surface area contributed by atoms with Crippen LogP contribution in [0.2, 0.25) is 0 Å². The van der Waals surface area contributed by atoms with E-state index in [0.717, 1.165) is 16.7 Å². The van der Waals surface area contributed by atoms with Crippen LogP contribution in [-0.4, -0.2) is 20.4 Å². The molecule has 2 N–H and O–H groups in total. The van der Waals surface area contributed by atoms with Crippen molar-refractivity contribution in [2.45, 2.75) is 19.9 Å². The monoisotopic (exact) mass is 227 g/mol. The number of hydrogen-bond donors (Lipinski definition) is 1. The fraction of sp³-hybridized carbons (Fsp3) is 0.455. The molecule has 3 nitrogen and oxygen atoms in total. The van der Waals surface area contributed by atoms with Crippen molar-refractivity contribution in [2.24, 2.45) is 5.73 Å². The van der Waals surface area contributed by atoms with Crippen molar-refractivity contribution in [1.82, 2.24) is 0 Å². The van der Waals surface area contributed by atoms with Crippen LogP contribution in [0.1, 0.15) is 22.7 Å². The van der Waals surface area contributed by atoms with Crippen LogP contribution in [0.4, 0.5) is 0 Å². The normalized spacial score (nSPS) is 13.9. The van der Waals surface area contributed by atoms with E-state index in [1.807, 2.05) is 32.0 Å². The summed E-state index contributed by atoms with van der Waals surface area (Å²) >= 11 is 0. The summed E-state index contributed by atoms with van der Waals surface area (Å²) in [7, 11) is -3.03. The molecule has 0 aliphatic carbocycles. The van der Waals surface area contributed by atoms with Crippen LogP contribution in [0.5, 0.6) is 0 Å². The molecule has 4 heteroatoms. The number of sulfone groups is 1. The van der Waals surface area contributed by atoms with E-state index < -0.39 is 15.9 Å². The van der Waals surface area contributed by atoms with Gasteiger partial charge in [0.25, 0.3) is 0 Å². The maximum atomic E-state index is 11.1. The van der Waals surface area contributed by atoms with Gasteiger partial charge in [-0.3, -0.25) is 0 Å². The first-order valence-corrected chi connectivity index (χ1v) is 6.86. The lowest BCUT2D eigenvalue weighted by molar-refractivity contribution is 0.594. The molecule has 84 valence electrons. The second-order valence-electron chi connectivity index (χ2n) is 4.06. The number of rotatable bonds is 3. The molecule has 1 aromatic carbocycles. The molecule has 0 radical (unpaired) electrons. The van der Waals surface area contributed by atoms with Gasteiger partial charge in [-0.25, -0.2) is 8.42 Å². The molecule has 0 amide bonds. The summed E-state index contributed by atoms with van der Waals surface area (Å²) < 4.78 is 22.3. The van der Waals surface area contributed by atoms with Gasteiger partial charge in [-0.2, -0.15) is 0 Å². The minimum Gasteiger partial charge on any atom is -0.323 e. The lowest BCUT2D eigenvalue weighted by Crippen LogP contribution is -2.21. The highest BCUT2D eigenvalue weighted by Gasteiger charge is 2.14. The quantitative estimate of drug-likeness (QED) is 0.848. The third kappa shape index (κ3) is 3.64. The van der Waals surface area contributed by atoms with Crippen LogP contribution in [0.3, 0.4) is 0 Å². The molecule has 0 saturated heterocycles. The van der Waals surface area contributed by atoms with E-state index in [1.165, 1.54) is 6.26 Å². The Labute approximate surface area is 91.2 Å². The highest BCUT2D eigenvalue weighted by atomic mass is 32.2. The smallest absolute Gasteiger partial charge is 0.149 e. The molecule has 15 heavy (non-hydrogen) atoms. The Morgan fingerprint density at radius 2 is 1.93 bits per heavy atom. The Bertz CT molecular complexity index is 452. The van der Waals surface area contributed by atoms with Crippen molar-refractivity contribution < 1.29 is 8.42 Å². The minimum atomic E-state index is -3.03. The zero-order valence-corrected chi connectivity index (χ0v) is 10.1. The Morgan fingerprint density at radius 1 is 1.33 bits per heavy atom. The molecule has 0 aromatic heterocycles. The minimum absolute atomic E-state index is 0.00269. The maximum absolute atomic E-state index is 11.1. The van der Waals surface area contributed by atoms with Crippen molar-refractivity contribution in [1.29, 1.82) is 0 Å². The summed E-state index contributed by atoms with van der Waals surface area (Å²) in [4.78, 5) is 0. The lowest BCUT2D eigenvalue weighted by atomic mass is 10.0. The third-order valence-electron chi connectivity index (χ3n) is 2.32. The molecule has 0 heterocycles. The summed E-state index contributed by atoms with van der Waals surface area (Å²) in [5.74, 6) is -0.00269. The van der Waals surface area contributed by atoms with Crippen molar-refractivity contribution in [3.05, 3.63) is 34.9 Å². The molecule has 1 rings (SSSR count). The third-order valence-corrected chi connectivity index (χ3v) is 3.28. The molecule has 0 spiro atoms. The zero-order chi connectivity index (χ0) is 11.6. The van der Waals surface area contributed by atoms with Gasteiger partial charge < -0.3 is 5.73 Å². The lowest BCUT2D eigenvalue weighted by Gasteiger charge is -2.14. The topological polar surface area (TPSA) is 60.2 Å². The molecule has 1 aromatic rings. The SMILES string of the molecule is Cc1ccc(C)c(C(N)CS(C)(=O)=O)c1. The van der Waals surface area contributed by atoms with E-state index in [0.29, 0.717) is 0 Å². The van der Waals surface area contributed by atoms with Crippen LogP contribution in [-0.2, 0) is 9.84 Å². The van der Waals surface area contributed by atoms with Crippen LogP contribution in [0, 0.1) is 13.8 Å². The van der Waals surface area contributed by atoms with Gasteiger partial charge in [0.05, 0.1) is 5.75 Å². The average molecular weight is 227 g/mol. The summed E-state index contributed by atoms with van der Waals surface area (Å²) in [6.07, 6.45) is 1.21. The van der Waals surface area contributed by atoms with E-state index in [2.05, 4.69) is 0 Å². The highest BCUT2D eigenvalue weighted by Crippen LogP contribution is 2.18. The van der Waals surface area contributed by atoms with Gasteiger partial charge >= 0.3 is 0 Å². The Morgan fingerprint density at radius 3 is 2.47 bits per heavy atom. The second-order valence-corrected chi connectivity index (χ2v) is 6.24. The predicted molar refractivity (Wildman–Crippen MR) is 62.6 cm³/mol. The molecular formula is C11H17NO2S. The Hall–Kier alpha value is -0.870. The van der Waals surface area contributed by atoms with E-state index in [4.69, 9.17) is 5.73 Å². The van der Waals surface area contributed by atoms with Crippen molar-refractivity contribution in [3.63, 3.8) is 0 Å². The molecule has 0 aliphatic heterocycles. The zero-order valence-electron chi connectivity index (χ0n) is 9.32. The average Bonchev–Trinajstić information content (AvgIpc) is 2.06. The summed E-state index contributed by atoms with van der Waals surface area (Å²) in [5, 5.41) is 0. The van der Waals surface area contributed by atoms with Crippen LogP contribution in [0.25, 0.3) is 0 Å². The first-order chi connectivity index (χ1) is 6.79. The van der Waals surface area contributed by atoms with Crippen molar-refractivity contribution in [3.8, 4) is 0 Å². The van der Waals surface area contributed by atoms with Gasteiger partial charge in [0.1, 0.15) is 9.84 Å². The van der Waals surface area contributed by atoms with Gasteiger partial charge in [-0.05, 0) is 25.0 Å². The van der Waals surface area contributed by atoms with Crippen molar-refractivity contribution in [2.75, 3.05) is 12.0 Å². The van der Waals surface area contributed by atoms with Gasteiger partial charge in [0, 0.05) is 12.3 Å². The fourth-order valence-electron chi connectivity index (χ4n) is 1.58. The molecular weight excluding hydrogens is 210 g/mol. The Kier molecular flexibility index (Phi) is 3.52. The van der Waals surface area contributed by atoms with E-state index >= 15 is 0 Å². The summed E-state index contributed by atoms with van der Waals surface area (Å²) in [6.45, 7) is 3.91. The van der Waals surface area contributed by atoms with Crippen molar-refractivity contribution >= 4 is 9.84 Å². The van der Waals surface area contributed by atoms with Crippen LogP contribution < -0.4 is 5.73 Å². The summed E-state index contributed by atoms with van der Waals surface area (Å²) in [6, 6.07) is 5.48. The number of hydrogen-bond acceptors (Lipinski definition) is 3. The molecule has 1 atom stereocenters. The van der Waals surface area contributed by atoms with E-state index in [-0.39, 0.29) is 5.75 Å². The fourth-order valence-corrected chi connectivity index (χ4v) is 2.41. The molecule has 0 aliphatic rings. The number of benzene rings is 1. The molecule has 0 saturated carbocycles. The van der Waals surface area contributed by atoms with Crippen LogP contribution in [0.15, 0.2) is 18.2 Å². The first kappa shape index (κ1) is 12.2. The largest absolute Gasteiger partial charge is 0.323 e. The van der Waals surface area contributed by atoms with Gasteiger partial charge in [-0.15, -0.1) is 0 Å². The molecule has 0 fully saturated rings. The van der Waals surface area contributed by atoms with E-state index in [9.17, 15) is 8.42 Å². The number of aryl methyl sites for hydroxylation is 2. The van der Waals surface area contributed by atoms with E-state index in [1.54, 1.807) is 0 Å². The Balaban J connectivity index is 3.00. The standard InChI is InChI=1S/C11H17NO2S/c1-8-4-5-9(2)10(6-8)11(12)7-15(3,13)14/h4-6,11H,7,12H2,1-3H3. The maximum Gasteiger partial charge on any atom is 0.149 e. The predicted octanol–water partition coefficient (Wildman–Crippen LogP) is 1.35. The summed E-state index contributed by atoms with van der Waals surface area (Å²) in [5.41, 5.74) is 8.92. The second kappa shape index (κ2) is 4.33.